The first-order chi connectivity index (χ1) is 25.2. The van der Waals surface area contributed by atoms with Crippen LogP contribution in [-0.4, -0.2) is 70.0 Å². The topological polar surface area (TPSA) is 134 Å². The minimum absolute atomic E-state index is 0.0321. The second-order valence-corrected chi connectivity index (χ2v) is 14.6. The predicted octanol–water partition coefficient (Wildman–Crippen LogP) is 9.78. The molecule has 0 heterocycles. The number of rotatable bonds is 36. The van der Waals surface area contributed by atoms with Gasteiger partial charge in [-0.1, -0.05) is 185 Å². The van der Waals surface area contributed by atoms with Crippen LogP contribution in [0.4, 0.5) is 0 Å². The molecular formula is C44H78O8. The molecule has 0 aromatic heterocycles. The molecule has 0 aliphatic rings. The van der Waals surface area contributed by atoms with Gasteiger partial charge >= 0.3 is 11.9 Å². The summed E-state index contributed by atoms with van der Waals surface area (Å²) in [5, 5.41) is 40.1. The molecule has 0 saturated carbocycles. The molecule has 0 spiro atoms. The molecule has 5 atom stereocenters. The van der Waals surface area contributed by atoms with E-state index in [1.54, 1.807) is 36.5 Å². The molecule has 0 rings (SSSR count). The summed E-state index contributed by atoms with van der Waals surface area (Å²) in [6, 6.07) is 0. The van der Waals surface area contributed by atoms with Gasteiger partial charge < -0.3 is 29.9 Å². The van der Waals surface area contributed by atoms with E-state index in [2.05, 4.69) is 20.8 Å². The Balaban J connectivity index is 3.73. The van der Waals surface area contributed by atoms with E-state index < -0.39 is 30.4 Å². The average Bonchev–Trinajstić information content (AvgIpc) is 3.13. The van der Waals surface area contributed by atoms with Gasteiger partial charge in [0.25, 0.3) is 0 Å². The summed E-state index contributed by atoms with van der Waals surface area (Å²) in [6.45, 7) is 6.29. The van der Waals surface area contributed by atoms with E-state index in [-0.39, 0.29) is 32.0 Å². The Morgan fingerprint density at radius 2 is 0.962 bits per heavy atom. The van der Waals surface area contributed by atoms with Crippen molar-refractivity contribution < 1.29 is 39.5 Å². The van der Waals surface area contributed by atoms with Gasteiger partial charge in [-0.3, -0.25) is 9.59 Å². The Labute approximate surface area is 317 Å². The second kappa shape index (κ2) is 37.1. The van der Waals surface area contributed by atoms with Gasteiger partial charge in [-0.25, -0.2) is 0 Å². The van der Waals surface area contributed by atoms with E-state index in [1.807, 2.05) is 6.08 Å². The fourth-order valence-corrected chi connectivity index (χ4v) is 5.74. The molecule has 0 aliphatic carbocycles. The van der Waals surface area contributed by atoms with Crippen molar-refractivity contribution in [1.29, 1.82) is 0 Å². The highest BCUT2D eigenvalue weighted by atomic mass is 16.6. The van der Waals surface area contributed by atoms with Gasteiger partial charge in [0, 0.05) is 12.8 Å². The lowest BCUT2D eigenvalue weighted by Crippen LogP contribution is -2.26. The molecule has 302 valence electrons. The van der Waals surface area contributed by atoms with E-state index in [4.69, 9.17) is 9.47 Å². The van der Waals surface area contributed by atoms with Crippen molar-refractivity contribution in [3.05, 3.63) is 48.6 Å². The predicted molar refractivity (Wildman–Crippen MR) is 214 cm³/mol. The molecule has 52 heavy (non-hydrogen) atoms. The van der Waals surface area contributed by atoms with Crippen LogP contribution in [0.25, 0.3) is 0 Å². The first-order valence-electron chi connectivity index (χ1n) is 20.9. The maximum Gasteiger partial charge on any atom is 0.305 e. The van der Waals surface area contributed by atoms with Crippen LogP contribution in [0, 0.1) is 5.92 Å². The van der Waals surface area contributed by atoms with Crippen molar-refractivity contribution in [2.24, 2.45) is 5.92 Å². The smallest absolute Gasteiger partial charge is 0.305 e. The van der Waals surface area contributed by atoms with E-state index >= 15 is 0 Å². The van der Waals surface area contributed by atoms with E-state index in [9.17, 15) is 30.0 Å². The van der Waals surface area contributed by atoms with Crippen LogP contribution in [0.3, 0.4) is 0 Å². The Bertz CT molecular complexity index is 943. The molecule has 8 nitrogen and oxygen atoms in total. The number of aliphatic hydroxyl groups excluding tert-OH is 4. The third-order valence-corrected chi connectivity index (χ3v) is 9.47. The minimum Gasteiger partial charge on any atom is -0.463 e. The molecule has 0 amide bonds. The molecule has 0 bridgehead atoms. The summed E-state index contributed by atoms with van der Waals surface area (Å²) in [5.41, 5.74) is 0. The first kappa shape index (κ1) is 49.7. The van der Waals surface area contributed by atoms with Gasteiger partial charge in [-0.2, -0.15) is 0 Å². The monoisotopic (exact) mass is 735 g/mol. The molecule has 4 N–H and O–H groups in total. The minimum atomic E-state index is -1.09. The maximum absolute atomic E-state index is 12.0. The van der Waals surface area contributed by atoms with Crippen LogP contribution in [0.5, 0.6) is 0 Å². The van der Waals surface area contributed by atoms with Crippen LogP contribution >= 0.6 is 0 Å². The molecule has 0 aliphatic heterocycles. The number of hydrogen-bond acceptors (Lipinski definition) is 8. The van der Waals surface area contributed by atoms with Gasteiger partial charge in [0.2, 0.25) is 0 Å². The van der Waals surface area contributed by atoms with E-state index in [1.165, 1.54) is 89.5 Å². The first-order valence-corrected chi connectivity index (χ1v) is 20.9. The summed E-state index contributed by atoms with van der Waals surface area (Å²) in [6.07, 6.45) is 35.4. The number of carbonyl (C=O) groups excluding carboxylic acids is 2. The molecule has 8 heteroatoms. The highest BCUT2D eigenvalue weighted by Gasteiger charge is 2.15. The fraction of sp³-hybridized carbons (Fsp3) is 0.773. The molecule has 0 radical (unpaired) electrons. The third kappa shape index (κ3) is 34.8. The highest BCUT2D eigenvalue weighted by molar-refractivity contribution is 5.69. The van der Waals surface area contributed by atoms with Crippen LogP contribution in [-0.2, 0) is 19.1 Å². The third-order valence-electron chi connectivity index (χ3n) is 9.47. The average molecular weight is 735 g/mol. The van der Waals surface area contributed by atoms with Crippen LogP contribution in [0.15, 0.2) is 48.6 Å². The van der Waals surface area contributed by atoms with Crippen molar-refractivity contribution in [3.63, 3.8) is 0 Å². The molecule has 0 saturated heterocycles. The van der Waals surface area contributed by atoms with Crippen LogP contribution in [0.1, 0.15) is 175 Å². The number of carbonyl (C=O) groups is 2. The number of esters is 2. The van der Waals surface area contributed by atoms with Gasteiger partial charge in [0.05, 0.1) is 18.3 Å². The number of aliphatic hydroxyl groups is 4. The molecule has 1 unspecified atom stereocenters. The number of allylic oxidation sites excluding steroid dienone is 6. The largest absolute Gasteiger partial charge is 0.463 e. The van der Waals surface area contributed by atoms with Crippen molar-refractivity contribution in [2.75, 3.05) is 13.2 Å². The lowest BCUT2D eigenvalue weighted by Gasteiger charge is -2.14. The highest BCUT2D eigenvalue weighted by Crippen LogP contribution is 2.16. The SMILES string of the molecule is CCCCC[C@@H](O)/C=C/C=C\C=C\C=C\[C@@H](O)[C@H](O)CCCC(=O)OC[C@@H](O)COC(=O)CCCCCCCCCCCCCCCCC(C)CC. The molecule has 0 aromatic carbocycles. The summed E-state index contributed by atoms with van der Waals surface area (Å²) in [5.74, 6) is 0.00533. The molecular weight excluding hydrogens is 656 g/mol. The lowest BCUT2D eigenvalue weighted by molar-refractivity contribution is -0.152. The van der Waals surface area contributed by atoms with E-state index in [0.29, 0.717) is 12.8 Å². The van der Waals surface area contributed by atoms with Crippen LogP contribution in [0.2, 0.25) is 0 Å². The summed E-state index contributed by atoms with van der Waals surface area (Å²) in [7, 11) is 0. The Morgan fingerprint density at radius 1 is 0.519 bits per heavy atom. The van der Waals surface area contributed by atoms with Gasteiger partial charge in [0.1, 0.15) is 19.3 Å². The zero-order valence-corrected chi connectivity index (χ0v) is 33.3. The lowest BCUT2D eigenvalue weighted by atomic mass is 9.99. The Kier molecular flexibility index (Phi) is 35.5. The van der Waals surface area contributed by atoms with Crippen molar-refractivity contribution >= 4 is 11.9 Å². The Morgan fingerprint density at radius 3 is 1.48 bits per heavy atom. The van der Waals surface area contributed by atoms with Gasteiger partial charge in [-0.05, 0) is 31.6 Å². The second-order valence-electron chi connectivity index (χ2n) is 14.6. The van der Waals surface area contributed by atoms with Crippen molar-refractivity contribution in [3.8, 4) is 0 Å². The van der Waals surface area contributed by atoms with Crippen molar-refractivity contribution in [2.45, 2.75) is 199 Å². The summed E-state index contributed by atoms with van der Waals surface area (Å²) in [4.78, 5) is 24.0. The Hall–Kier alpha value is -2.26. The quantitative estimate of drug-likeness (QED) is 0.0284. The zero-order valence-electron chi connectivity index (χ0n) is 33.3. The van der Waals surface area contributed by atoms with Crippen LogP contribution < -0.4 is 0 Å². The summed E-state index contributed by atoms with van der Waals surface area (Å²) >= 11 is 0. The number of hydrogen-bond donors (Lipinski definition) is 4. The normalized spacial score (nSPS) is 15.1. The number of ether oxygens (including phenoxy) is 2. The van der Waals surface area contributed by atoms with Crippen molar-refractivity contribution in [1.82, 2.24) is 0 Å². The van der Waals surface area contributed by atoms with Gasteiger partial charge in [-0.15, -0.1) is 0 Å². The fourth-order valence-electron chi connectivity index (χ4n) is 5.74. The zero-order chi connectivity index (χ0) is 38.5. The summed E-state index contributed by atoms with van der Waals surface area (Å²) < 4.78 is 10.2. The van der Waals surface area contributed by atoms with Gasteiger partial charge in [0.15, 0.2) is 0 Å². The maximum atomic E-state index is 12.0. The molecule has 0 aromatic rings. The number of unbranched alkanes of at least 4 members (excludes halogenated alkanes) is 15. The van der Waals surface area contributed by atoms with E-state index in [0.717, 1.165) is 50.9 Å². The molecule has 0 fully saturated rings. The standard InChI is InChI=1S/C44H78O8/c1-4-6-23-30-39(45)31-25-20-17-18-21-26-32-41(47)42(48)33-28-35-44(50)52-37-40(46)36-51-43(49)34-27-22-16-14-12-10-8-7-9-11-13-15-19-24-29-38(3)5-2/h17-18,20-21,25-26,31-32,38-42,45-48H,4-16,19,22-24,27-30,33-37H2,1-3H3/b20-17-,21-18+,31-25+,32-26+/t38?,39-,40+,41-,42-/m1/s1.